The Morgan fingerprint density at radius 2 is 1.55 bits per heavy atom. The van der Waals surface area contributed by atoms with E-state index in [9.17, 15) is 13.6 Å². The molecule has 0 aliphatic carbocycles. The number of aromatic nitrogens is 3. The van der Waals surface area contributed by atoms with Gasteiger partial charge in [-0.15, -0.1) is 17.3 Å². The Morgan fingerprint density at radius 1 is 1.00 bits per heavy atom. The molecule has 0 aliphatic heterocycles. The van der Waals surface area contributed by atoms with Gasteiger partial charge in [-0.2, -0.15) is 0 Å². The van der Waals surface area contributed by atoms with Crippen LogP contribution in [0.5, 0.6) is 0 Å². The molecule has 0 atom stereocenters. The fraction of sp³-hybridized carbons (Fsp3) is 0.0526. The van der Waals surface area contributed by atoms with Crippen LogP contribution in [-0.4, -0.2) is 24.6 Å². The first-order valence-electron chi connectivity index (χ1n) is 8.50. The molecule has 12 heteroatoms. The normalized spacial score (nSPS) is 10.7. The van der Waals surface area contributed by atoms with E-state index in [-0.39, 0.29) is 22.8 Å². The molecule has 0 radical (unpaired) electrons. The number of hydrogen-bond donors (Lipinski definition) is 2. The minimum absolute atomic E-state index is 0. The number of hydrogen-bond acceptors (Lipinski definition) is 6. The van der Waals surface area contributed by atoms with Gasteiger partial charge in [0.1, 0.15) is 5.69 Å². The first-order chi connectivity index (χ1) is 14.2. The van der Waals surface area contributed by atoms with Crippen LogP contribution in [0.15, 0.2) is 71.6 Å². The van der Waals surface area contributed by atoms with Gasteiger partial charge in [-0.05, 0) is 65.5 Å². The number of nitrogens with one attached hydrogen (secondary N) is 1. The van der Waals surface area contributed by atoms with Crippen LogP contribution in [0.25, 0.3) is 16.7 Å². The van der Waals surface area contributed by atoms with Crippen molar-refractivity contribution in [2.45, 2.75) is 4.90 Å². The predicted molar refractivity (Wildman–Crippen MR) is 125 cm³/mol. The Kier molecular flexibility index (Phi) is 8.10. The Balaban J connectivity index is 0.000000289. The van der Waals surface area contributed by atoms with E-state index in [1.165, 1.54) is 18.2 Å². The fourth-order valence-corrected chi connectivity index (χ4v) is 3.39. The van der Waals surface area contributed by atoms with Crippen molar-refractivity contribution in [2.24, 2.45) is 5.84 Å². The number of nitrogens with two attached hydrogens (primary N) is 1. The topological polar surface area (TPSA) is 117 Å². The van der Waals surface area contributed by atoms with Crippen molar-refractivity contribution in [2.75, 3.05) is 11.7 Å². The van der Waals surface area contributed by atoms with Gasteiger partial charge in [-0.25, -0.2) is 8.42 Å². The van der Waals surface area contributed by atoms with Crippen LogP contribution in [0.1, 0.15) is 0 Å². The summed E-state index contributed by atoms with van der Waals surface area (Å²) in [5.74, 6) is 5.11. The molecule has 0 fully saturated rings. The van der Waals surface area contributed by atoms with Crippen LogP contribution >= 0.6 is 35.6 Å². The third kappa shape index (κ3) is 5.99. The molecule has 0 bridgehead atoms. The molecule has 0 aliphatic rings. The largest absolute Gasteiger partial charge is 0.692 e. The number of fused-ring (bicyclic) bond motifs is 1. The summed E-state index contributed by atoms with van der Waals surface area (Å²) in [6.45, 7) is 0. The van der Waals surface area contributed by atoms with Gasteiger partial charge < -0.3 is 10.6 Å². The Bertz CT molecular complexity index is 1280. The van der Waals surface area contributed by atoms with E-state index in [4.69, 9.17) is 29.0 Å². The SMILES string of the molecule is CS(=O)(=O)c1ccc2nn(-c3ccc(Cl)cc3)[n+]([O-])c2c1.Cl.NNc1ccc(Cl)cc1. The maximum absolute atomic E-state index is 12.3. The average molecular weight is 503 g/mol. The summed E-state index contributed by atoms with van der Waals surface area (Å²) in [6, 6.07) is 18.0. The molecule has 0 saturated heterocycles. The molecular weight excluding hydrogens is 485 g/mol. The number of nitrogen functional groups attached to an aromatic ring is 1. The van der Waals surface area contributed by atoms with Gasteiger partial charge in [0.2, 0.25) is 11.0 Å². The molecule has 1 aromatic heterocycles. The van der Waals surface area contributed by atoms with Crippen LogP contribution < -0.4 is 16.1 Å². The number of anilines is 1. The third-order valence-corrected chi connectivity index (χ3v) is 5.64. The number of benzene rings is 3. The predicted octanol–water partition coefficient (Wildman–Crippen LogP) is 3.76. The molecule has 3 aromatic carbocycles. The van der Waals surface area contributed by atoms with Gasteiger partial charge >= 0.3 is 0 Å². The molecule has 0 unspecified atom stereocenters. The number of nitrogens with zero attached hydrogens (tertiary/aromatic N) is 3. The maximum Gasteiger partial charge on any atom is 0.250 e. The van der Waals surface area contributed by atoms with Crippen LogP contribution in [0.4, 0.5) is 5.69 Å². The zero-order valence-electron chi connectivity index (χ0n) is 16.1. The monoisotopic (exact) mass is 501 g/mol. The molecule has 0 saturated carbocycles. The number of rotatable bonds is 3. The summed E-state index contributed by atoms with van der Waals surface area (Å²) >= 11 is 11.4. The van der Waals surface area contributed by atoms with Crippen molar-refractivity contribution < 1.29 is 13.3 Å². The van der Waals surface area contributed by atoms with Crippen LogP contribution in [-0.2, 0) is 9.84 Å². The number of halogens is 3. The van der Waals surface area contributed by atoms with Crippen molar-refractivity contribution in [3.63, 3.8) is 0 Å². The summed E-state index contributed by atoms with van der Waals surface area (Å²) < 4.78 is 23.1. The average Bonchev–Trinajstić information content (AvgIpc) is 3.05. The van der Waals surface area contributed by atoms with Gasteiger partial charge in [0.25, 0.3) is 0 Å². The standard InChI is InChI=1S/C13H10ClN3O3S.C6H7ClN2.ClH/c1-21(19,20)11-6-7-12-13(8-11)17(18)16(15-12)10-4-2-9(14)3-5-10;7-5-1-3-6(9-8)4-2-5;/h2-8H,1H3;1-4,9H,8H2;1H. The molecule has 0 spiro atoms. The fourth-order valence-electron chi connectivity index (χ4n) is 2.50. The lowest BCUT2D eigenvalue weighted by Crippen LogP contribution is -2.37. The minimum Gasteiger partial charge on any atom is -0.692 e. The first kappa shape index (κ1) is 24.7. The van der Waals surface area contributed by atoms with Crippen LogP contribution in [0.3, 0.4) is 0 Å². The van der Waals surface area contributed by atoms with E-state index in [0.717, 1.165) is 16.7 Å². The Labute approximate surface area is 195 Å². The van der Waals surface area contributed by atoms with Crippen molar-refractivity contribution in [3.8, 4) is 5.69 Å². The van der Waals surface area contributed by atoms with E-state index >= 15 is 0 Å². The summed E-state index contributed by atoms with van der Waals surface area (Å²) in [4.78, 5) is 1.77. The van der Waals surface area contributed by atoms with Crippen molar-refractivity contribution >= 4 is 62.2 Å². The van der Waals surface area contributed by atoms with Gasteiger partial charge in [-0.3, -0.25) is 5.84 Å². The van der Waals surface area contributed by atoms with E-state index < -0.39 is 9.84 Å². The highest BCUT2D eigenvalue weighted by atomic mass is 35.5. The molecule has 8 nitrogen and oxygen atoms in total. The Morgan fingerprint density at radius 3 is 2.06 bits per heavy atom. The summed E-state index contributed by atoms with van der Waals surface area (Å²) in [7, 11) is -3.38. The highest BCUT2D eigenvalue weighted by Gasteiger charge is 2.18. The lowest BCUT2D eigenvalue weighted by Gasteiger charge is -2.04. The molecule has 3 N–H and O–H groups in total. The van der Waals surface area contributed by atoms with Crippen LogP contribution in [0.2, 0.25) is 10.0 Å². The van der Waals surface area contributed by atoms with Gasteiger partial charge in [0, 0.05) is 28.1 Å². The van der Waals surface area contributed by atoms with E-state index in [1.807, 2.05) is 12.1 Å². The van der Waals surface area contributed by atoms with E-state index in [0.29, 0.717) is 26.1 Å². The lowest BCUT2D eigenvalue weighted by atomic mass is 10.3. The van der Waals surface area contributed by atoms with Crippen molar-refractivity contribution in [3.05, 3.63) is 82.0 Å². The van der Waals surface area contributed by atoms with E-state index in [1.54, 1.807) is 36.4 Å². The second-order valence-corrected chi connectivity index (χ2v) is 9.10. The zero-order chi connectivity index (χ0) is 21.9. The van der Waals surface area contributed by atoms with Crippen LogP contribution in [0, 0.1) is 5.21 Å². The third-order valence-electron chi connectivity index (χ3n) is 4.02. The molecule has 4 aromatic rings. The zero-order valence-corrected chi connectivity index (χ0v) is 19.2. The van der Waals surface area contributed by atoms with Gasteiger partial charge in [0.05, 0.1) is 9.99 Å². The second kappa shape index (κ2) is 10.2. The van der Waals surface area contributed by atoms with Crippen molar-refractivity contribution in [1.29, 1.82) is 0 Å². The lowest BCUT2D eigenvalue weighted by molar-refractivity contribution is -0.664. The smallest absolute Gasteiger partial charge is 0.250 e. The first-order valence-corrected chi connectivity index (χ1v) is 11.1. The summed E-state index contributed by atoms with van der Waals surface area (Å²) in [5.41, 5.74) is 4.49. The molecule has 0 amide bonds. The quantitative estimate of drug-likeness (QED) is 0.191. The van der Waals surface area contributed by atoms with Gasteiger partial charge in [0.15, 0.2) is 9.84 Å². The minimum atomic E-state index is -3.38. The maximum atomic E-state index is 12.3. The molecule has 1 heterocycles. The summed E-state index contributed by atoms with van der Waals surface area (Å²) in [6.07, 6.45) is 1.09. The number of sulfone groups is 1. The molecule has 31 heavy (non-hydrogen) atoms. The highest BCUT2D eigenvalue weighted by Crippen LogP contribution is 2.17. The second-order valence-electron chi connectivity index (χ2n) is 6.21. The number of hydrazine groups is 1. The highest BCUT2D eigenvalue weighted by molar-refractivity contribution is 7.90. The molecule has 4 rings (SSSR count). The van der Waals surface area contributed by atoms with Gasteiger partial charge in [-0.1, -0.05) is 23.2 Å². The van der Waals surface area contributed by atoms with Crippen molar-refractivity contribution in [1.82, 2.24) is 9.90 Å². The summed E-state index contributed by atoms with van der Waals surface area (Å²) in [5, 5.41) is 17.7. The van der Waals surface area contributed by atoms with E-state index in [2.05, 4.69) is 10.5 Å². The Hall–Kier alpha value is -2.56. The molecular formula is C19H18Cl3N5O3S. The molecule has 164 valence electrons.